The summed E-state index contributed by atoms with van der Waals surface area (Å²) in [4.78, 5) is 4.76. The summed E-state index contributed by atoms with van der Waals surface area (Å²) >= 11 is 0. The zero-order valence-corrected chi connectivity index (χ0v) is 11.8. The summed E-state index contributed by atoms with van der Waals surface area (Å²) in [5.74, 6) is 0. The van der Waals surface area contributed by atoms with Crippen LogP contribution in [0.1, 0.15) is 5.56 Å². The lowest BCUT2D eigenvalue weighted by Crippen LogP contribution is -2.33. The lowest BCUT2D eigenvalue weighted by molar-refractivity contribution is -0.538. The van der Waals surface area contributed by atoms with Crippen molar-refractivity contribution in [2.45, 2.75) is 6.92 Å². The molecule has 4 rings (SSSR count). The normalized spacial score (nSPS) is 11.1. The molecule has 0 aliphatic carbocycles. The molecular weight excluding hydrogens is 256 g/mol. The Morgan fingerprint density at radius 1 is 0.667 bits per heavy atom. The molecule has 0 atom stereocenters. The maximum absolute atomic E-state index is 4.76. The van der Waals surface area contributed by atoms with Gasteiger partial charge in [0.2, 0.25) is 16.7 Å². The average molecular weight is 271 g/mol. The Balaban J connectivity index is 2.18. The molecule has 0 bridgehead atoms. The smallest absolute Gasteiger partial charge is 0.235 e. The van der Waals surface area contributed by atoms with E-state index in [1.165, 1.54) is 5.56 Å². The second kappa shape index (κ2) is 4.67. The first kappa shape index (κ1) is 12.0. The lowest BCUT2D eigenvalue weighted by Gasteiger charge is -2.04. The molecule has 0 saturated carbocycles. The molecule has 0 unspecified atom stereocenters. The second-order valence-electron chi connectivity index (χ2n) is 5.26. The molecule has 100 valence electrons. The van der Waals surface area contributed by atoms with Crippen molar-refractivity contribution in [3.63, 3.8) is 0 Å². The minimum atomic E-state index is 1.01. The molecule has 0 N–H and O–H groups in total. The largest absolute Gasteiger partial charge is 0.237 e. The van der Waals surface area contributed by atoms with Gasteiger partial charge in [0, 0.05) is 24.3 Å². The minimum absolute atomic E-state index is 1.01. The van der Waals surface area contributed by atoms with Crippen LogP contribution in [0.15, 0.2) is 72.8 Å². The quantitative estimate of drug-likeness (QED) is 0.378. The van der Waals surface area contributed by atoms with E-state index in [0.29, 0.717) is 0 Å². The van der Waals surface area contributed by atoms with Crippen LogP contribution >= 0.6 is 0 Å². The van der Waals surface area contributed by atoms with Gasteiger partial charge in [-0.3, -0.25) is 0 Å². The monoisotopic (exact) mass is 271 g/mol. The molecule has 0 radical (unpaired) electrons. The molecule has 4 aromatic rings. The number of aryl methyl sites for hydroxylation is 1. The van der Waals surface area contributed by atoms with Crippen LogP contribution in [-0.2, 0) is 0 Å². The highest BCUT2D eigenvalue weighted by atomic mass is 15.0. The van der Waals surface area contributed by atoms with Gasteiger partial charge < -0.3 is 0 Å². The van der Waals surface area contributed by atoms with E-state index in [1.54, 1.807) is 0 Å². The standard InChI is InChI=1S/C19H15N2/c1-14-10-12-15(13-11-14)21-18-8-4-2-6-16(18)20-17-7-3-5-9-19(17)21/h2-13H,1H3/q+1. The van der Waals surface area contributed by atoms with Gasteiger partial charge in [0.1, 0.15) is 11.0 Å². The van der Waals surface area contributed by atoms with Crippen LogP contribution in [0.5, 0.6) is 0 Å². The third-order valence-electron chi connectivity index (χ3n) is 3.78. The highest BCUT2D eigenvalue weighted by Gasteiger charge is 2.18. The first-order chi connectivity index (χ1) is 10.3. The molecule has 0 amide bonds. The Kier molecular flexibility index (Phi) is 2.68. The van der Waals surface area contributed by atoms with Crippen LogP contribution in [0.25, 0.3) is 27.8 Å². The Labute approximate surface area is 123 Å². The maximum atomic E-state index is 4.76. The van der Waals surface area contributed by atoms with E-state index in [9.17, 15) is 0 Å². The summed E-state index contributed by atoms with van der Waals surface area (Å²) in [5, 5.41) is 0. The van der Waals surface area contributed by atoms with Crippen molar-refractivity contribution in [1.29, 1.82) is 0 Å². The Bertz CT molecular complexity index is 886. The molecule has 0 saturated heterocycles. The van der Waals surface area contributed by atoms with Crippen molar-refractivity contribution in [2.24, 2.45) is 0 Å². The van der Waals surface area contributed by atoms with Crippen LogP contribution in [0.2, 0.25) is 0 Å². The summed E-state index contributed by atoms with van der Waals surface area (Å²) in [7, 11) is 0. The number of nitrogens with zero attached hydrogens (tertiary/aromatic N) is 2. The van der Waals surface area contributed by atoms with Crippen LogP contribution in [0.4, 0.5) is 0 Å². The van der Waals surface area contributed by atoms with Gasteiger partial charge in [-0.1, -0.05) is 42.0 Å². The van der Waals surface area contributed by atoms with Crippen molar-refractivity contribution in [2.75, 3.05) is 0 Å². The fraction of sp³-hybridized carbons (Fsp3) is 0.0526. The molecule has 1 aromatic heterocycles. The van der Waals surface area contributed by atoms with E-state index in [4.69, 9.17) is 4.98 Å². The number of hydrogen-bond donors (Lipinski definition) is 0. The van der Waals surface area contributed by atoms with Gasteiger partial charge in [0.15, 0.2) is 0 Å². The second-order valence-corrected chi connectivity index (χ2v) is 5.26. The number of benzene rings is 3. The van der Waals surface area contributed by atoms with E-state index < -0.39 is 0 Å². The van der Waals surface area contributed by atoms with Gasteiger partial charge in [0.05, 0.1) is 0 Å². The summed E-state index contributed by atoms with van der Waals surface area (Å²) < 4.78 is 2.27. The van der Waals surface area contributed by atoms with Crippen molar-refractivity contribution < 1.29 is 4.57 Å². The Morgan fingerprint density at radius 3 is 1.76 bits per heavy atom. The molecule has 0 fully saturated rings. The molecule has 2 heteroatoms. The molecule has 0 spiro atoms. The highest BCUT2D eigenvalue weighted by Crippen LogP contribution is 2.17. The topological polar surface area (TPSA) is 16.8 Å². The van der Waals surface area contributed by atoms with Gasteiger partial charge in [-0.05, 0) is 19.1 Å². The predicted molar refractivity (Wildman–Crippen MR) is 85.5 cm³/mol. The Hall–Kier alpha value is -2.74. The van der Waals surface area contributed by atoms with Crippen molar-refractivity contribution in [3.8, 4) is 5.69 Å². The molecular formula is C19H15N2+. The molecule has 2 nitrogen and oxygen atoms in total. The number of rotatable bonds is 1. The van der Waals surface area contributed by atoms with Crippen molar-refractivity contribution in [1.82, 2.24) is 4.98 Å². The number of para-hydroxylation sites is 4. The van der Waals surface area contributed by atoms with E-state index >= 15 is 0 Å². The summed E-state index contributed by atoms with van der Waals surface area (Å²) in [6, 6.07) is 25.2. The number of aromatic nitrogens is 2. The van der Waals surface area contributed by atoms with Crippen LogP contribution in [0, 0.1) is 6.92 Å². The van der Waals surface area contributed by atoms with Crippen LogP contribution in [-0.4, -0.2) is 4.98 Å². The number of fused-ring (bicyclic) bond motifs is 2. The predicted octanol–water partition coefficient (Wildman–Crippen LogP) is 3.97. The first-order valence-corrected chi connectivity index (χ1v) is 7.09. The van der Waals surface area contributed by atoms with E-state index in [-0.39, 0.29) is 0 Å². The maximum Gasteiger partial charge on any atom is 0.237 e. The fourth-order valence-corrected chi connectivity index (χ4v) is 2.73. The summed E-state index contributed by atoms with van der Waals surface area (Å²) in [5.41, 5.74) is 6.70. The fourth-order valence-electron chi connectivity index (χ4n) is 2.73. The van der Waals surface area contributed by atoms with Crippen molar-refractivity contribution >= 4 is 22.1 Å². The Morgan fingerprint density at radius 2 is 1.19 bits per heavy atom. The number of hydrogen-bond acceptors (Lipinski definition) is 1. The van der Waals surface area contributed by atoms with E-state index in [1.807, 2.05) is 12.1 Å². The average Bonchev–Trinajstić information content (AvgIpc) is 2.53. The SMILES string of the molecule is Cc1ccc(-[n+]2c3ccccc3nc3ccccc32)cc1. The highest BCUT2D eigenvalue weighted by molar-refractivity contribution is 5.82. The zero-order chi connectivity index (χ0) is 14.2. The first-order valence-electron chi connectivity index (χ1n) is 7.09. The van der Waals surface area contributed by atoms with Gasteiger partial charge in [-0.15, -0.1) is 4.57 Å². The van der Waals surface area contributed by atoms with Crippen LogP contribution < -0.4 is 4.57 Å². The van der Waals surface area contributed by atoms with Gasteiger partial charge in [0.25, 0.3) is 0 Å². The lowest BCUT2D eigenvalue weighted by atomic mass is 10.2. The van der Waals surface area contributed by atoms with Crippen LogP contribution in [0.3, 0.4) is 0 Å². The molecule has 0 aliphatic rings. The van der Waals surface area contributed by atoms with Gasteiger partial charge >= 0.3 is 0 Å². The third kappa shape index (κ3) is 1.96. The third-order valence-corrected chi connectivity index (χ3v) is 3.78. The minimum Gasteiger partial charge on any atom is -0.235 e. The van der Waals surface area contributed by atoms with E-state index in [0.717, 1.165) is 27.8 Å². The van der Waals surface area contributed by atoms with Gasteiger partial charge in [-0.25, -0.2) is 4.98 Å². The summed E-state index contributed by atoms with van der Waals surface area (Å²) in [6.45, 7) is 2.11. The molecule has 21 heavy (non-hydrogen) atoms. The summed E-state index contributed by atoms with van der Waals surface area (Å²) in [6.07, 6.45) is 0. The molecule has 1 heterocycles. The van der Waals surface area contributed by atoms with E-state index in [2.05, 4.69) is 72.2 Å². The van der Waals surface area contributed by atoms with Crippen molar-refractivity contribution in [3.05, 3.63) is 78.4 Å². The molecule has 0 aliphatic heterocycles. The zero-order valence-electron chi connectivity index (χ0n) is 11.8. The molecule has 3 aromatic carbocycles. The van der Waals surface area contributed by atoms with Gasteiger partial charge in [-0.2, -0.15) is 0 Å².